The van der Waals surface area contributed by atoms with Crippen molar-refractivity contribution in [1.29, 1.82) is 0 Å². The molecule has 0 saturated heterocycles. The molecule has 0 bridgehead atoms. The van der Waals surface area contributed by atoms with Gasteiger partial charge in [0.05, 0.1) is 5.56 Å². The van der Waals surface area contributed by atoms with E-state index in [0.717, 1.165) is 12.1 Å². The molecule has 1 amide bonds. The topological polar surface area (TPSA) is 46.2 Å². The Morgan fingerprint density at radius 1 is 1.15 bits per heavy atom. The van der Waals surface area contributed by atoms with E-state index in [1.165, 1.54) is 19.1 Å². The fourth-order valence-electron chi connectivity index (χ4n) is 1.66. The summed E-state index contributed by atoms with van der Waals surface area (Å²) in [5.41, 5.74) is -0.678. The highest BCUT2D eigenvalue weighted by atomic mass is 19.4. The lowest BCUT2D eigenvalue weighted by Gasteiger charge is -2.09. The second-order valence-electron chi connectivity index (χ2n) is 4.54. The normalized spacial score (nSPS) is 11.2. The standard InChI is InChI=1S/C14H16F3NO2/c1-10(19)5-2-3-8-13(20)18-12-7-4-6-11(9-12)14(15,16)17/h4,6-7,9H,2-3,5,8H2,1H3,(H,18,20). The van der Waals surface area contributed by atoms with Crippen molar-refractivity contribution in [2.45, 2.75) is 38.8 Å². The Morgan fingerprint density at radius 2 is 1.80 bits per heavy atom. The molecule has 0 heterocycles. The SMILES string of the molecule is CC(=O)CCCCC(=O)Nc1cccc(C(F)(F)F)c1. The van der Waals surface area contributed by atoms with Crippen molar-refractivity contribution in [3.05, 3.63) is 29.8 Å². The molecule has 0 unspecified atom stereocenters. The van der Waals surface area contributed by atoms with Crippen molar-refractivity contribution in [2.24, 2.45) is 0 Å². The first kappa shape index (κ1) is 16.2. The number of unbranched alkanes of at least 4 members (excludes halogenated alkanes) is 1. The maximum Gasteiger partial charge on any atom is 0.416 e. The average Bonchev–Trinajstić information content (AvgIpc) is 2.34. The largest absolute Gasteiger partial charge is 0.416 e. The van der Waals surface area contributed by atoms with Gasteiger partial charge in [-0.15, -0.1) is 0 Å². The van der Waals surface area contributed by atoms with Gasteiger partial charge in [0, 0.05) is 18.5 Å². The molecule has 0 spiro atoms. The number of hydrogen-bond donors (Lipinski definition) is 1. The first-order valence-corrected chi connectivity index (χ1v) is 6.25. The molecule has 3 nitrogen and oxygen atoms in total. The molecular weight excluding hydrogens is 271 g/mol. The maximum absolute atomic E-state index is 12.5. The molecule has 0 aliphatic carbocycles. The predicted octanol–water partition coefficient (Wildman–Crippen LogP) is 3.79. The van der Waals surface area contributed by atoms with E-state index in [0.29, 0.717) is 19.3 Å². The summed E-state index contributed by atoms with van der Waals surface area (Å²) < 4.78 is 37.5. The van der Waals surface area contributed by atoms with Crippen molar-refractivity contribution in [2.75, 3.05) is 5.32 Å². The van der Waals surface area contributed by atoms with Gasteiger partial charge < -0.3 is 10.1 Å². The van der Waals surface area contributed by atoms with Gasteiger partial charge in [0.25, 0.3) is 0 Å². The van der Waals surface area contributed by atoms with Gasteiger partial charge in [-0.1, -0.05) is 6.07 Å². The Kier molecular flexibility index (Phi) is 5.73. The molecule has 1 rings (SSSR count). The Hall–Kier alpha value is -1.85. The summed E-state index contributed by atoms with van der Waals surface area (Å²) in [4.78, 5) is 22.2. The number of anilines is 1. The third-order valence-electron chi connectivity index (χ3n) is 2.66. The zero-order chi connectivity index (χ0) is 15.2. The van der Waals surface area contributed by atoms with E-state index in [9.17, 15) is 22.8 Å². The van der Waals surface area contributed by atoms with E-state index in [4.69, 9.17) is 0 Å². The second-order valence-corrected chi connectivity index (χ2v) is 4.54. The van der Waals surface area contributed by atoms with Crippen LogP contribution in [0.25, 0.3) is 0 Å². The Labute approximate surface area is 115 Å². The minimum Gasteiger partial charge on any atom is -0.326 e. The Bertz CT molecular complexity index is 484. The second kappa shape index (κ2) is 7.07. The van der Waals surface area contributed by atoms with Gasteiger partial charge in [-0.05, 0) is 38.0 Å². The van der Waals surface area contributed by atoms with E-state index >= 15 is 0 Å². The minimum atomic E-state index is -4.43. The van der Waals surface area contributed by atoms with Crippen molar-refractivity contribution < 1.29 is 22.8 Å². The molecule has 0 aliphatic heterocycles. The Morgan fingerprint density at radius 3 is 2.40 bits per heavy atom. The van der Waals surface area contributed by atoms with Gasteiger partial charge in [-0.25, -0.2) is 0 Å². The number of rotatable bonds is 6. The number of carbonyl (C=O) groups is 2. The van der Waals surface area contributed by atoms with Gasteiger partial charge in [-0.3, -0.25) is 4.79 Å². The van der Waals surface area contributed by atoms with Crippen molar-refractivity contribution in [3.8, 4) is 0 Å². The number of benzene rings is 1. The van der Waals surface area contributed by atoms with Gasteiger partial charge in [0.2, 0.25) is 5.91 Å². The van der Waals surface area contributed by atoms with Crippen LogP contribution in [0.5, 0.6) is 0 Å². The average molecular weight is 287 g/mol. The quantitative estimate of drug-likeness (QED) is 0.809. The number of halogens is 3. The van der Waals surface area contributed by atoms with Crippen LogP contribution in [0.3, 0.4) is 0 Å². The Balaban J connectivity index is 2.48. The van der Waals surface area contributed by atoms with Gasteiger partial charge in [0.1, 0.15) is 5.78 Å². The zero-order valence-electron chi connectivity index (χ0n) is 11.1. The highest BCUT2D eigenvalue weighted by Gasteiger charge is 2.30. The molecule has 0 fully saturated rings. The highest BCUT2D eigenvalue weighted by Crippen LogP contribution is 2.30. The molecule has 1 N–H and O–H groups in total. The van der Waals surface area contributed by atoms with Crippen LogP contribution in [-0.4, -0.2) is 11.7 Å². The number of carbonyl (C=O) groups excluding carboxylic acids is 2. The maximum atomic E-state index is 12.5. The van der Waals surface area contributed by atoms with E-state index in [1.807, 2.05) is 0 Å². The molecule has 110 valence electrons. The van der Waals surface area contributed by atoms with E-state index < -0.39 is 11.7 Å². The van der Waals surface area contributed by atoms with Gasteiger partial charge in [-0.2, -0.15) is 13.2 Å². The monoisotopic (exact) mass is 287 g/mol. The summed E-state index contributed by atoms with van der Waals surface area (Å²) in [6.45, 7) is 1.47. The number of ketones is 1. The van der Waals surface area contributed by atoms with Crippen LogP contribution in [0.15, 0.2) is 24.3 Å². The van der Waals surface area contributed by atoms with Crippen molar-refractivity contribution >= 4 is 17.4 Å². The lowest BCUT2D eigenvalue weighted by atomic mass is 10.1. The molecule has 6 heteroatoms. The summed E-state index contributed by atoms with van der Waals surface area (Å²) in [7, 11) is 0. The van der Waals surface area contributed by atoms with Gasteiger partial charge >= 0.3 is 6.18 Å². The van der Waals surface area contributed by atoms with E-state index in [2.05, 4.69) is 5.32 Å². The van der Waals surface area contributed by atoms with Crippen LogP contribution in [0.2, 0.25) is 0 Å². The third kappa shape index (κ3) is 5.86. The van der Waals surface area contributed by atoms with Crippen molar-refractivity contribution in [1.82, 2.24) is 0 Å². The summed E-state index contributed by atoms with van der Waals surface area (Å²) in [6.07, 6.45) is -2.70. The van der Waals surface area contributed by atoms with E-state index in [-0.39, 0.29) is 23.8 Å². The highest BCUT2D eigenvalue weighted by molar-refractivity contribution is 5.90. The lowest BCUT2D eigenvalue weighted by molar-refractivity contribution is -0.137. The predicted molar refractivity (Wildman–Crippen MR) is 69.2 cm³/mol. The van der Waals surface area contributed by atoms with Crippen LogP contribution >= 0.6 is 0 Å². The fourth-order valence-corrected chi connectivity index (χ4v) is 1.66. The molecule has 0 aliphatic rings. The molecule has 0 radical (unpaired) electrons. The summed E-state index contributed by atoms with van der Waals surface area (Å²) in [6, 6.07) is 4.49. The van der Waals surface area contributed by atoms with E-state index in [1.54, 1.807) is 0 Å². The van der Waals surface area contributed by atoms with Crippen LogP contribution in [0, 0.1) is 0 Å². The molecule has 0 saturated carbocycles. The lowest BCUT2D eigenvalue weighted by Crippen LogP contribution is -2.12. The van der Waals surface area contributed by atoms with Crippen molar-refractivity contribution in [3.63, 3.8) is 0 Å². The number of amides is 1. The molecule has 1 aromatic carbocycles. The molecule has 0 atom stereocenters. The van der Waals surface area contributed by atoms with Crippen LogP contribution < -0.4 is 5.32 Å². The molecule has 1 aromatic rings. The molecule has 20 heavy (non-hydrogen) atoms. The number of alkyl halides is 3. The van der Waals surface area contributed by atoms with Gasteiger partial charge in [0.15, 0.2) is 0 Å². The van der Waals surface area contributed by atoms with Crippen LogP contribution in [0.1, 0.15) is 38.2 Å². The summed E-state index contributed by atoms with van der Waals surface area (Å²) in [5.74, 6) is -0.295. The number of hydrogen-bond acceptors (Lipinski definition) is 2. The smallest absolute Gasteiger partial charge is 0.326 e. The number of Topliss-reactive ketones (excluding diaryl/α,β-unsaturated/α-hetero) is 1. The van der Waals surface area contributed by atoms with Crippen LogP contribution in [-0.2, 0) is 15.8 Å². The minimum absolute atomic E-state index is 0.0586. The first-order valence-electron chi connectivity index (χ1n) is 6.25. The fraction of sp³-hybridized carbons (Fsp3) is 0.429. The van der Waals surface area contributed by atoms with Crippen LogP contribution in [0.4, 0.5) is 18.9 Å². The third-order valence-corrected chi connectivity index (χ3v) is 2.66. The summed E-state index contributed by atoms with van der Waals surface area (Å²) in [5, 5.41) is 2.42. The number of nitrogens with one attached hydrogen (secondary N) is 1. The first-order chi connectivity index (χ1) is 9.29. The zero-order valence-corrected chi connectivity index (χ0v) is 11.1. The molecular formula is C14H16F3NO2. The molecule has 0 aromatic heterocycles. The summed E-state index contributed by atoms with van der Waals surface area (Å²) >= 11 is 0.